The molecule has 0 unspecified atom stereocenters. The highest BCUT2D eigenvalue weighted by molar-refractivity contribution is 5.94. The van der Waals surface area contributed by atoms with Crippen molar-refractivity contribution >= 4 is 17.3 Å². The second kappa shape index (κ2) is 6.47. The second-order valence-electron chi connectivity index (χ2n) is 4.19. The molecule has 102 valence electrons. The van der Waals surface area contributed by atoms with Crippen molar-refractivity contribution in [1.29, 1.82) is 0 Å². The van der Waals surface area contributed by atoms with E-state index < -0.39 is 5.97 Å². The molecule has 0 saturated carbocycles. The number of hydrogen-bond acceptors (Lipinski definition) is 4. The molecule has 0 saturated heterocycles. The predicted octanol–water partition coefficient (Wildman–Crippen LogP) is 3.89. The van der Waals surface area contributed by atoms with Gasteiger partial charge in [-0.15, -0.1) is 5.11 Å². The van der Waals surface area contributed by atoms with E-state index in [-0.39, 0.29) is 0 Å². The molecule has 2 rings (SSSR count). The number of carbonyl (C=O) groups is 1. The van der Waals surface area contributed by atoms with Crippen LogP contribution in [0.15, 0.2) is 58.9 Å². The lowest BCUT2D eigenvalue weighted by Gasteiger charge is -2.03. The summed E-state index contributed by atoms with van der Waals surface area (Å²) in [4.78, 5) is 11.6. The molecule has 0 atom stereocenters. The van der Waals surface area contributed by atoms with E-state index in [4.69, 9.17) is 4.74 Å². The number of nitrogens with zero attached hydrogens (tertiary/aromatic N) is 2. The summed E-state index contributed by atoms with van der Waals surface area (Å²) in [5.74, 6) is -0.435. The third kappa shape index (κ3) is 3.41. The molecular weight excluding hydrogens is 254 g/mol. The van der Waals surface area contributed by atoms with Crippen LogP contribution in [-0.4, -0.2) is 13.1 Å². The first-order chi connectivity index (χ1) is 9.70. The van der Waals surface area contributed by atoms with Crippen molar-refractivity contribution in [3.8, 4) is 0 Å². The van der Waals surface area contributed by atoms with Gasteiger partial charge in [-0.2, -0.15) is 0 Å². The van der Waals surface area contributed by atoms with Crippen molar-refractivity contribution in [2.75, 3.05) is 12.5 Å². The molecule has 20 heavy (non-hydrogen) atoms. The summed E-state index contributed by atoms with van der Waals surface area (Å²) >= 11 is 0. The average Bonchev–Trinajstić information content (AvgIpc) is 2.47. The molecule has 0 fully saturated rings. The van der Waals surface area contributed by atoms with Gasteiger partial charge in [-0.3, -0.25) is 5.43 Å². The van der Waals surface area contributed by atoms with Crippen LogP contribution in [0.1, 0.15) is 15.9 Å². The summed E-state index contributed by atoms with van der Waals surface area (Å²) in [6, 6.07) is 14.6. The number of anilines is 1. The molecule has 0 aromatic heterocycles. The highest BCUT2D eigenvalue weighted by Crippen LogP contribution is 2.20. The van der Waals surface area contributed by atoms with E-state index in [1.807, 2.05) is 31.2 Å². The van der Waals surface area contributed by atoms with Gasteiger partial charge >= 0.3 is 5.97 Å². The Morgan fingerprint density at radius 3 is 2.70 bits per heavy atom. The van der Waals surface area contributed by atoms with Gasteiger partial charge in [0, 0.05) is 0 Å². The minimum absolute atomic E-state index is 0.379. The highest BCUT2D eigenvalue weighted by atomic mass is 16.5. The zero-order valence-corrected chi connectivity index (χ0v) is 11.3. The summed E-state index contributed by atoms with van der Waals surface area (Å²) < 4.78 is 4.70. The maximum atomic E-state index is 11.6. The Bertz CT molecular complexity index is 639. The van der Waals surface area contributed by atoms with Crippen LogP contribution in [0.2, 0.25) is 0 Å². The van der Waals surface area contributed by atoms with Crippen molar-refractivity contribution in [3.05, 3.63) is 59.7 Å². The molecule has 0 heterocycles. The lowest BCUT2D eigenvalue weighted by molar-refractivity contribution is 0.0601. The van der Waals surface area contributed by atoms with E-state index in [1.165, 1.54) is 7.11 Å². The molecule has 2 aromatic carbocycles. The van der Waals surface area contributed by atoms with Gasteiger partial charge in [0.05, 0.1) is 18.4 Å². The fourth-order valence-corrected chi connectivity index (χ4v) is 1.69. The van der Waals surface area contributed by atoms with Crippen LogP contribution in [0, 0.1) is 6.92 Å². The van der Waals surface area contributed by atoms with Gasteiger partial charge < -0.3 is 4.74 Å². The van der Waals surface area contributed by atoms with Crippen molar-refractivity contribution in [2.24, 2.45) is 10.3 Å². The van der Waals surface area contributed by atoms with Crippen LogP contribution in [0.4, 0.5) is 11.4 Å². The van der Waals surface area contributed by atoms with Crippen molar-refractivity contribution in [3.63, 3.8) is 0 Å². The minimum Gasteiger partial charge on any atom is -0.465 e. The van der Waals surface area contributed by atoms with Crippen LogP contribution in [-0.2, 0) is 4.74 Å². The Labute approximate surface area is 117 Å². The fourth-order valence-electron chi connectivity index (χ4n) is 1.69. The van der Waals surface area contributed by atoms with Gasteiger partial charge in [-0.1, -0.05) is 29.5 Å². The van der Waals surface area contributed by atoms with Crippen LogP contribution >= 0.6 is 0 Å². The topological polar surface area (TPSA) is 63.0 Å². The van der Waals surface area contributed by atoms with Crippen molar-refractivity contribution in [2.45, 2.75) is 6.92 Å². The highest BCUT2D eigenvalue weighted by Gasteiger charge is 2.10. The summed E-state index contributed by atoms with van der Waals surface area (Å²) in [6.07, 6.45) is 0. The molecular formula is C15H15N3O2. The SMILES string of the molecule is COC(=O)c1ccccc1N=NNc1cccc(C)c1. The molecule has 1 N–H and O–H groups in total. The van der Waals surface area contributed by atoms with E-state index in [9.17, 15) is 4.79 Å². The van der Waals surface area contributed by atoms with Crippen LogP contribution in [0.3, 0.4) is 0 Å². The number of rotatable bonds is 4. The van der Waals surface area contributed by atoms with Gasteiger partial charge in [0.1, 0.15) is 5.69 Å². The number of hydrogen-bond donors (Lipinski definition) is 1. The van der Waals surface area contributed by atoms with Gasteiger partial charge in [0.2, 0.25) is 0 Å². The van der Waals surface area contributed by atoms with E-state index >= 15 is 0 Å². The normalized spacial score (nSPS) is 10.5. The molecule has 0 amide bonds. The zero-order chi connectivity index (χ0) is 14.4. The van der Waals surface area contributed by atoms with E-state index in [2.05, 4.69) is 15.8 Å². The van der Waals surface area contributed by atoms with Gasteiger partial charge in [0.15, 0.2) is 0 Å². The summed E-state index contributed by atoms with van der Waals surface area (Å²) in [7, 11) is 1.33. The first-order valence-electron chi connectivity index (χ1n) is 6.11. The number of aryl methyl sites for hydroxylation is 1. The third-order valence-corrected chi connectivity index (χ3v) is 2.66. The number of nitrogens with one attached hydrogen (secondary N) is 1. The van der Waals surface area contributed by atoms with Gasteiger partial charge in [-0.25, -0.2) is 4.79 Å². The summed E-state index contributed by atoms with van der Waals surface area (Å²) in [6.45, 7) is 1.99. The molecule has 0 bridgehead atoms. The number of methoxy groups -OCH3 is 1. The van der Waals surface area contributed by atoms with Crippen molar-refractivity contribution < 1.29 is 9.53 Å². The van der Waals surface area contributed by atoms with Crippen LogP contribution in [0.25, 0.3) is 0 Å². The summed E-state index contributed by atoms with van der Waals surface area (Å²) in [5, 5.41) is 7.91. The van der Waals surface area contributed by atoms with E-state index in [0.29, 0.717) is 11.3 Å². The Kier molecular flexibility index (Phi) is 4.44. The van der Waals surface area contributed by atoms with E-state index in [0.717, 1.165) is 11.3 Å². The number of carbonyl (C=O) groups excluding carboxylic acids is 1. The lowest BCUT2D eigenvalue weighted by atomic mass is 10.2. The second-order valence-corrected chi connectivity index (χ2v) is 4.19. The maximum Gasteiger partial charge on any atom is 0.340 e. The minimum atomic E-state index is -0.435. The van der Waals surface area contributed by atoms with Crippen LogP contribution < -0.4 is 5.43 Å². The quantitative estimate of drug-likeness (QED) is 0.520. The molecule has 0 aliphatic heterocycles. The van der Waals surface area contributed by atoms with Gasteiger partial charge in [0.25, 0.3) is 0 Å². The maximum absolute atomic E-state index is 11.6. The van der Waals surface area contributed by atoms with Crippen molar-refractivity contribution in [1.82, 2.24) is 0 Å². The van der Waals surface area contributed by atoms with Gasteiger partial charge in [-0.05, 0) is 36.8 Å². The molecule has 0 aliphatic carbocycles. The lowest BCUT2D eigenvalue weighted by Crippen LogP contribution is -2.01. The zero-order valence-electron chi connectivity index (χ0n) is 11.3. The first kappa shape index (κ1) is 13.7. The first-order valence-corrected chi connectivity index (χ1v) is 6.11. The Hall–Kier alpha value is -2.69. The monoisotopic (exact) mass is 269 g/mol. The largest absolute Gasteiger partial charge is 0.465 e. The standard InChI is InChI=1S/C15H15N3O2/c1-11-6-5-7-12(10-11)16-18-17-14-9-4-3-8-13(14)15(19)20-2/h3-10H,1-2H3,(H,16,17). The smallest absolute Gasteiger partial charge is 0.340 e. The Balaban J connectivity index is 2.14. The average molecular weight is 269 g/mol. The summed E-state index contributed by atoms with van der Waals surface area (Å²) in [5.41, 5.74) is 5.62. The molecule has 0 spiro atoms. The third-order valence-electron chi connectivity index (χ3n) is 2.66. The number of ether oxygens (including phenoxy) is 1. The van der Waals surface area contributed by atoms with E-state index in [1.54, 1.807) is 24.3 Å². The predicted molar refractivity (Wildman–Crippen MR) is 77.1 cm³/mol. The molecule has 0 radical (unpaired) electrons. The molecule has 0 aliphatic rings. The Morgan fingerprint density at radius 1 is 1.15 bits per heavy atom. The van der Waals surface area contributed by atoms with Crippen LogP contribution in [0.5, 0.6) is 0 Å². The molecule has 2 aromatic rings. The fraction of sp³-hybridized carbons (Fsp3) is 0.133. The number of benzene rings is 2. The molecule has 5 heteroatoms. The molecule has 5 nitrogen and oxygen atoms in total. The number of esters is 1. The Morgan fingerprint density at radius 2 is 1.95 bits per heavy atom.